The molecule has 4 rings (SSSR count). The summed E-state index contributed by atoms with van der Waals surface area (Å²) in [6.07, 6.45) is 13.9. The van der Waals surface area contributed by atoms with Gasteiger partial charge in [0.05, 0.1) is 0 Å². The first kappa shape index (κ1) is 17.5. The number of hydrogen-bond donors (Lipinski definition) is 1. The number of carbonyl (C=O) groups is 1. The maximum atomic E-state index is 13.0. The van der Waals surface area contributed by atoms with Crippen molar-refractivity contribution >= 4 is 18.3 Å². The van der Waals surface area contributed by atoms with E-state index in [-0.39, 0.29) is 24.4 Å². The number of nitrogens with two attached hydrogens (primary N) is 1. The Hall–Kier alpha value is -0.280. The minimum absolute atomic E-state index is 0. The van der Waals surface area contributed by atoms with Crippen molar-refractivity contribution in [2.45, 2.75) is 82.7 Å². The minimum Gasteiger partial charge on any atom is -0.339 e. The van der Waals surface area contributed by atoms with Crippen molar-refractivity contribution in [2.24, 2.45) is 29.4 Å². The molecule has 2 N–H and O–H groups in total. The van der Waals surface area contributed by atoms with Crippen LogP contribution in [-0.4, -0.2) is 29.4 Å². The zero-order chi connectivity index (χ0) is 15.1. The Bertz CT molecular complexity index is 430. The number of amides is 1. The van der Waals surface area contributed by atoms with Crippen LogP contribution in [-0.2, 0) is 4.79 Å². The van der Waals surface area contributed by atoms with Crippen molar-refractivity contribution in [2.75, 3.05) is 6.54 Å². The van der Waals surface area contributed by atoms with Gasteiger partial charge in [0.25, 0.3) is 0 Å². The standard InChI is InChI=1S/C19H32N2O.ClH/c20-17-4-1-3-15(11-17)19(22)21-8-2-5-18(21)12-16-10-13-6-7-14(16)9-13;/h13-18H,1-12,20H2;1H. The van der Waals surface area contributed by atoms with E-state index in [4.69, 9.17) is 5.73 Å². The summed E-state index contributed by atoms with van der Waals surface area (Å²) < 4.78 is 0. The molecule has 6 atom stereocenters. The maximum Gasteiger partial charge on any atom is 0.225 e. The Morgan fingerprint density at radius 3 is 2.57 bits per heavy atom. The van der Waals surface area contributed by atoms with E-state index in [1.807, 2.05) is 0 Å². The van der Waals surface area contributed by atoms with Gasteiger partial charge in [-0.2, -0.15) is 0 Å². The van der Waals surface area contributed by atoms with Gasteiger partial charge in [0.15, 0.2) is 0 Å². The highest BCUT2D eigenvalue weighted by molar-refractivity contribution is 5.85. The first-order valence-corrected chi connectivity index (χ1v) is 9.76. The molecule has 1 amide bonds. The SMILES string of the molecule is Cl.NC1CCCC(C(=O)N2CCCC2CC2CC3CCC2C3)C1. The summed E-state index contributed by atoms with van der Waals surface area (Å²) >= 11 is 0. The Morgan fingerprint density at radius 2 is 1.87 bits per heavy atom. The van der Waals surface area contributed by atoms with Gasteiger partial charge in [-0.15, -0.1) is 12.4 Å². The fourth-order valence-electron chi connectivity index (χ4n) is 6.07. The molecule has 2 bridgehead atoms. The second-order valence-electron chi connectivity index (χ2n) is 8.62. The average Bonchev–Trinajstić information content (AvgIpc) is 3.23. The van der Waals surface area contributed by atoms with Crippen LogP contribution in [0.15, 0.2) is 0 Å². The molecule has 4 aliphatic rings. The maximum absolute atomic E-state index is 13.0. The van der Waals surface area contributed by atoms with Crippen molar-refractivity contribution in [3.8, 4) is 0 Å². The molecule has 4 fully saturated rings. The summed E-state index contributed by atoms with van der Waals surface area (Å²) in [5, 5.41) is 0. The van der Waals surface area contributed by atoms with Gasteiger partial charge in [0, 0.05) is 24.5 Å². The van der Waals surface area contributed by atoms with Crippen LogP contribution >= 0.6 is 12.4 Å². The van der Waals surface area contributed by atoms with E-state index in [2.05, 4.69) is 4.90 Å². The Kier molecular flexibility index (Phi) is 5.57. The zero-order valence-corrected chi connectivity index (χ0v) is 15.1. The highest BCUT2D eigenvalue weighted by Gasteiger charge is 2.42. The largest absolute Gasteiger partial charge is 0.339 e. The van der Waals surface area contributed by atoms with Crippen molar-refractivity contribution in [3.63, 3.8) is 0 Å². The van der Waals surface area contributed by atoms with Gasteiger partial charge in [-0.1, -0.05) is 12.8 Å². The van der Waals surface area contributed by atoms with E-state index in [0.29, 0.717) is 11.9 Å². The van der Waals surface area contributed by atoms with Gasteiger partial charge >= 0.3 is 0 Å². The highest BCUT2D eigenvalue weighted by Crippen LogP contribution is 2.50. The normalized spacial score (nSPS) is 42.7. The lowest BCUT2D eigenvalue weighted by Gasteiger charge is -2.34. The zero-order valence-electron chi connectivity index (χ0n) is 14.3. The van der Waals surface area contributed by atoms with Gasteiger partial charge in [-0.3, -0.25) is 4.79 Å². The number of rotatable bonds is 3. The van der Waals surface area contributed by atoms with E-state index < -0.39 is 0 Å². The molecule has 0 radical (unpaired) electrons. The number of fused-ring (bicyclic) bond motifs is 2. The van der Waals surface area contributed by atoms with Crippen LogP contribution in [0, 0.1) is 23.7 Å². The summed E-state index contributed by atoms with van der Waals surface area (Å²) in [6.45, 7) is 1.01. The summed E-state index contributed by atoms with van der Waals surface area (Å²) in [5.74, 6) is 3.61. The van der Waals surface area contributed by atoms with E-state index in [1.165, 1.54) is 44.9 Å². The van der Waals surface area contributed by atoms with Crippen LogP contribution in [0.2, 0.25) is 0 Å². The summed E-state index contributed by atoms with van der Waals surface area (Å²) in [4.78, 5) is 15.2. The van der Waals surface area contributed by atoms with E-state index in [1.54, 1.807) is 0 Å². The Balaban J connectivity index is 0.00000156. The second-order valence-corrected chi connectivity index (χ2v) is 8.62. The number of halogens is 1. The van der Waals surface area contributed by atoms with Crippen molar-refractivity contribution in [1.29, 1.82) is 0 Å². The molecule has 6 unspecified atom stereocenters. The van der Waals surface area contributed by atoms with Gasteiger partial charge in [-0.05, 0) is 75.5 Å². The summed E-state index contributed by atoms with van der Waals surface area (Å²) in [5.41, 5.74) is 6.10. The lowest BCUT2D eigenvalue weighted by Crippen LogP contribution is -2.43. The lowest BCUT2D eigenvalue weighted by molar-refractivity contribution is -0.138. The second kappa shape index (κ2) is 7.31. The topological polar surface area (TPSA) is 46.3 Å². The van der Waals surface area contributed by atoms with Gasteiger partial charge in [-0.25, -0.2) is 0 Å². The first-order valence-electron chi connectivity index (χ1n) is 9.76. The van der Waals surface area contributed by atoms with Crippen molar-refractivity contribution in [3.05, 3.63) is 0 Å². The molecule has 0 aromatic rings. The van der Waals surface area contributed by atoms with Crippen molar-refractivity contribution < 1.29 is 4.79 Å². The summed E-state index contributed by atoms with van der Waals surface area (Å²) in [6, 6.07) is 0.810. The van der Waals surface area contributed by atoms with Crippen LogP contribution in [0.3, 0.4) is 0 Å². The summed E-state index contributed by atoms with van der Waals surface area (Å²) in [7, 11) is 0. The molecule has 23 heavy (non-hydrogen) atoms. The van der Waals surface area contributed by atoms with Crippen LogP contribution in [0.4, 0.5) is 0 Å². The minimum atomic E-state index is 0. The smallest absolute Gasteiger partial charge is 0.225 e. The molecule has 3 aliphatic carbocycles. The van der Waals surface area contributed by atoms with E-state index >= 15 is 0 Å². The molecule has 0 aromatic heterocycles. The molecule has 1 saturated heterocycles. The Morgan fingerprint density at radius 1 is 1.00 bits per heavy atom. The fraction of sp³-hybridized carbons (Fsp3) is 0.947. The molecule has 4 heteroatoms. The molecular weight excluding hydrogens is 308 g/mol. The van der Waals surface area contributed by atoms with Gasteiger partial charge < -0.3 is 10.6 Å². The predicted molar refractivity (Wildman–Crippen MR) is 95.5 cm³/mol. The van der Waals surface area contributed by atoms with Crippen LogP contribution in [0.25, 0.3) is 0 Å². The first-order chi connectivity index (χ1) is 10.7. The van der Waals surface area contributed by atoms with Crippen molar-refractivity contribution in [1.82, 2.24) is 4.90 Å². The third-order valence-electron chi connectivity index (χ3n) is 7.18. The number of nitrogens with zero attached hydrogens (tertiary/aromatic N) is 1. The molecular formula is C19H33ClN2O. The van der Waals surface area contributed by atoms with E-state index in [9.17, 15) is 4.79 Å². The van der Waals surface area contributed by atoms with Gasteiger partial charge in [0.2, 0.25) is 5.91 Å². The predicted octanol–water partition coefficient (Wildman–Crippen LogP) is 3.74. The third-order valence-corrected chi connectivity index (χ3v) is 7.18. The molecule has 3 saturated carbocycles. The van der Waals surface area contributed by atoms with Crippen LogP contribution < -0.4 is 5.73 Å². The monoisotopic (exact) mass is 340 g/mol. The van der Waals surface area contributed by atoms with Crippen LogP contribution in [0.5, 0.6) is 0 Å². The average molecular weight is 341 g/mol. The molecule has 132 valence electrons. The molecule has 3 nitrogen and oxygen atoms in total. The molecule has 1 aliphatic heterocycles. The third kappa shape index (κ3) is 3.56. The molecule has 1 heterocycles. The highest BCUT2D eigenvalue weighted by atomic mass is 35.5. The number of likely N-dealkylation sites (tertiary alicyclic amines) is 1. The number of hydrogen-bond acceptors (Lipinski definition) is 2. The van der Waals surface area contributed by atoms with Gasteiger partial charge in [0.1, 0.15) is 0 Å². The molecule has 0 aromatic carbocycles. The lowest BCUT2D eigenvalue weighted by atomic mass is 9.82. The van der Waals surface area contributed by atoms with E-state index in [0.717, 1.165) is 50.0 Å². The number of carbonyl (C=O) groups excluding carboxylic acids is 1. The Labute approximate surface area is 147 Å². The van der Waals surface area contributed by atoms with Crippen LogP contribution in [0.1, 0.15) is 70.6 Å². The quantitative estimate of drug-likeness (QED) is 0.850. The molecule has 0 spiro atoms. The fourth-order valence-corrected chi connectivity index (χ4v) is 6.07.